The molecular weight excluding hydrogens is 1120 g/mol. The van der Waals surface area contributed by atoms with Crippen LogP contribution in [-0.4, -0.2) is 336 Å². The highest BCUT2D eigenvalue weighted by Gasteiger charge is 2.55. The summed E-state index contributed by atoms with van der Waals surface area (Å²) in [6, 6.07) is -5.69. The number of carboxylic acid groups (broad SMARTS) is 4. The van der Waals surface area contributed by atoms with Crippen molar-refractivity contribution >= 4 is 53.2 Å². The normalized spacial score (nSPS) is 27.7. The van der Waals surface area contributed by atoms with Crippen LogP contribution in [0.25, 0.3) is 0 Å². The van der Waals surface area contributed by atoms with Gasteiger partial charge in [0.2, 0.25) is 29.3 Å². The van der Waals surface area contributed by atoms with Crippen LogP contribution in [0.5, 0.6) is 0 Å². The quantitative estimate of drug-likeness (QED) is 0.0340. The zero-order chi connectivity index (χ0) is 63.9. The van der Waals surface area contributed by atoms with Gasteiger partial charge in [0.15, 0.2) is 0 Å². The summed E-state index contributed by atoms with van der Waals surface area (Å²) in [6.45, 7) is -0.192. The highest BCUT2D eigenvalue weighted by molar-refractivity contribution is 6.33. The fraction of sp³-hybridized carbons (Fsp3) is 0.786. The highest BCUT2D eigenvalue weighted by atomic mass is 16.7. The fourth-order valence-electron chi connectivity index (χ4n) is 7.07. The van der Waals surface area contributed by atoms with Gasteiger partial charge in [-0.2, -0.15) is 0 Å². The summed E-state index contributed by atoms with van der Waals surface area (Å²) in [5, 5.41) is 229. The summed E-state index contributed by atoms with van der Waals surface area (Å²) in [6.07, 6.45) is -31.2. The van der Waals surface area contributed by atoms with Gasteiger partial charge in [-0.25, -0.2) is 19.2 Å². The molecule has 2 rings (SSSR count). The zero-order valence-electron chi connectivity index (χ0n) is 43.0. The van der Waals surface area contributed by atoms with E-state index in [9.17, 15) is 120 Å². The Bertz CT molecular complexity index is 1970. The van der Waals surface area contributed by atoms with Crippen LogP contribution in [0.1, 0.15) is 46.5 Å². The first-order valence-corrected chi connectivity index (χ1v) is 23.4. The lowest BCUT2D eigenvalue weighted by atomic mass is 9.88. The van der Waals surface area contributed by atoms with E-state index in [1.54, 1.807) is 0 Å². The van der Waals surface area contributed by atoms with Crippen molar-refractivity contribution in [2.24, 2.45) is 5.73 Å². The molecule has 0 aromatic carbocycles. The molecule has 2 fully saturated rings. The van der Waals surface area contributed by atoms with Gasteiger partial charge in [0.25, 0.3) is 11.6 Å². The lowest BCUT2D eigenvalue weighted by Crippen LogP contribution is -2.67. The molecule has 472 valence electrons. The number of nitrogens with two attached hydrogens (primary N) is 1. The molecule has 22 atom stereocenters. The first-order chi connectivity index (χ1) is 37.1. The summed E-state index contributed by atoms with van der Waals surface area (Å²) >= 11 is 0. The van der Waals surface area contributed by atoms with Crippen LogP contribution in [0.3, 0.4) is 0 Å². The van der Waals surface area contributed by atoms with Crippen LogP contribution in [-0.2, 0) is 52.6 Å². The summed E-state index contributed by atoms with van der Waals surface area (Å²) in [7, 11) is 0. The minimum Gasteiger partial charge on any atom is -0.477 e. The van der Waals surface area contributed by atoms with Crippen LogP contribution < -0.4 is 21.7 Å². The van der Waals surface area contributed by atoms with Crippen molar-refractivity contribution in [1.82, 2.24) is 16.0 Å². The van der Waals surface area contributed by atoms with Gasteiger partial charge in [-0.15, -0.1) is 0 Å². The molecule has 2 heterocycles. The third-order valence-corrected chi connectivity index (χ3v) is 11.5. The minimum atomic E-state index is -2.78. The molecule has 29 N–H and O–H groups in total. The second kappa shape index (κ2) is 35.6. The molecule has 0 bridgehead atoms. The molecule has 0 aromatic heterocycles. The molecule has 39 heteroatoms. The van der Waals surface area contributed by atoms with Crippen molar-refractivity contribution in [1.29, 1.82) is 0 Å². The Kier molecular flexibility index (Phi) is 34.2. The molecule has 0 aliphatic carbocycles. The third kappa shape index (κ3) is 24.6. The monoisotopic (exact) mass is 1190 g/mol. The Morgan fingerprint density at radius 3 is 1.06 bits per heavy atom. The number of hydrogen-bond acceptors (Lipinski definition) is 32. The Morgan fingerprint density at radius 2 is 0.790 bits per heavy atom. The van der Waals surface area contributed by atoms with Crippen molar-refractivity contribution in [2.45, 2.75) is 180 Å². The molecule has 0 spiro atoms. The van der Waals surface area contributed by atoms with Crippen LogP contribution in [0, 0.1) is 0 Å². The highest BCUT2D eigenvalue weighted by Crippen LogP contribution is 2.32. The summed E-state index contributed by atoms with van der Waals surface area (Å²) < 4.78 is 9.73. The van der Waals surface area contributed by atoms with Crippen LogP contribution in [0.4, 0.5) is 0 Å². The van der Waals surface area contributed by atoms with E-state index in [2.05, 4.69) is 10.6 Å². The Balaban J connectivity index is 0. The van der Waals surface area contributed by atoms with E-state index in [-0.39, 0.29) is 0 Å². The first kappa shape index (κ1) is 77.8. The molecule has 0 saturated carbocycles. The standard InChI is InChI=1S/3C11H19NO9.C9H17NO8/c2*1-4(14)12-7-5(15)2-11(20,10(18)19)21-9(7)8(17)6(16)3-13;1-4(14)12-8(5(15)2-6(16)11(20)21)10(19)9(18)7(17)3-13;10-6(3(12)1-4(13)9(17)18)8(16)7(15)5(14)2-11/h2*5-9,13,15-17,20H,2-3H2,1H3,(H,12,14)(H,18,19);5,7-10,13,15,17-19H,2-3H2,1H3,(H,12,14)(H,20,21);3,5-8,11-12,14-16H,1-2,10H2,(H,17,18)/t2*5-,6+,7+,8?,9+,11?;;/m00../s1. The van der Waals surface area contributed by atoms with Crippen LogP contribution in [0.2, 0.25) is 0 Å². The van der Waals surface area contributed by atoms with E-state index < -0.39 is 239 Å². The van der Waals surface area contributed by atoms with Crippen molar-refractivity contribution in [3.05, 3.63) is 0 Å². The fourth-order valence-corrected chi connectivity index (χ4v) is 7.07. The average Bonchev–Trinajstić information content (AvgIpc) is 3.38. The SMILES string of the molecule is CC(=O)NC(C(O)CC(=O)C(=O)O)C(O)C(O)C(O)CO.CC(=O)N[C@@H]1[C@@H](O)CC(O)(C(=O)O)O[C@H]1C(O)[C@H](O)CO.CC(=O)N[C@@H]1[C@@H](O)CC(O)(C(=O)O)O[C@H]1C(O)[C@H](O)CO.NC(C(O)CC(=O)C(=O)O)C(O)C(O)C(O)CO. The summed E-state index contributed by atoms with van der Waals surface area (Å²) in [5.41, 5.74) is 5.30. The summed E-state index contributed by atoms with van der Waals surface area (Å²) in [4.78, 5) is 97.7. The first-order valence-electron chi connectivity index (χ1n) is 23.4. The van der Waals surface area contributed by atoms with Gasteiger partial charge in [-0.3, -0.25) is 24.0 Å². The number of ether oxygens (including phenoxy) is 2. The van der Waals surface area contributed by atoms with E-state index in [1.165, 1.54) is 0 Å². The molecule has 3 amide bonds. The molecule has 0 aromatic rings. The topological polar surface area (TPSA) is 720 Å². The molecule has 39 nitrogen and oxygen atoms in total. The predicted molar refractivity (Wildman–Crippen MR) is 252 cm³/mol. The van der Waals surface area contributed by atoms with Gasteiger partial charge in [0.1, 0.15) is 73.2 Å². The number of nitrogens with one attached hydrogen (secondary N) is 3. The van der Waals surface area contributed by atoms with Gasteiger partial charge in [0.05, 0.1) is 75.0 Å². The Morgan fingerprint density at radius 1 is 0.481 bits per heavy atom. The number of rotatable bonds is 27. The molecule has 2 saturated heterocycles. The average molecular weight is 1200 g/mol. The number of carbonyl (C=O) groups is 9. The van der Waals surface area contributed by atoms with E-state index in [1.807, 2.05) is 5.32 Å². The number of Topliss-reactive ketones (excluding diaryl/α,β-unsaturated/α-hetero) is 2. The Labute approximate surface area is 455 Å². The lowest BCUT2D eigenvalue weighted by molar-refractivity contribution is -0.295. The predicted octanol–water partition coefficient (Wildman–Crippen LogP) is -16.0. The van der Waals surface area contributed by atoms with Gasteiger partial charge < -0.3 is 154 Å². The second-order valence-corrected chi connectivity index (χ2v) is 18.1. The van der Waals surface area contributed by atoms with Gasteiger partial charge in [0, 0.05) is 46.5 Å². The molecular formula is C42H74N4O35. The number of aliphatic carboxylic acids is 4. The minimum absolute atomic E-state index is 0.598. The van der Waals surface area contributed by atoms with Gasteiger partial charge >= 0.3 is 23.9 Å². The molecule has 0 radical (unpaired) electrons. The molecule has 2 aliphatic heterocycles. The maximum atomic E-state index is 11.1. The number of carboxylic acids is 4. The van der Waals surface area contributed by atoms with Crippen molar-refractivity contribution < 1.29 is 175 Å². The van der Waals surface area contributed by atoms with Crippen molar-refractivity contribution in [3.63, 3.8) is 0 Å². The zero-order valence-corrected chi connectivity index (χ0v) is 43.0. The smallest absolute Gasteiger partial charge is 0.372 e. The number of carbonyl (C=O) groups excluding carboxylic acids is 5. The molecule has 14 unspecified atom stereocenters. The number of ketones is 2. The lowest BCUT2D eigenvalue weighted by Gasteiger charge is -2.44. The van der Waals surface area contributed by atoms with Crippen molar-refractivity contribution in [3.8, 4) is 0 Å². The maximum absolute atomic E-state index is 11.1. The van der Waals surface area contributed by atoms with Crippen LogP contribution >= 0.6 is 0 Å². The molecule has 81 heavy (non-hydrogen) atoms. The van der Waals surface area contributed by atoms with E-state index in [0.29, 0.717) is 0 Å². The number of amides is 3. The van der Waals surface area contributed by atoms with E-state index in [4.69, 9.17) is 61.2 Å². The van der Waals surface area contributed by atoms with Gasteiger partial charge in [-0.1, -0.05) is 0 Å². The summed E-state index contributed by atoms with van der Waals surface area (Å²) in [5.74, 6) is -17.3. The maximum Gasteiger partial charge on any atom is 0.372 e. The Hall–Kier alpha value is -5.29. The largest absolute Gasteiger partial charge is 0.477 e. The van der Waals surface area contributed by atoms with E-state index >= 15 is 0 Å². The van der Waals surface area contributed by atoms with Crippen LogP contribution in [0.15, 0.2) is 0 Å². The number of hydrogen-bond donors (Lipinski definition) is 28. The molecule has 2 aliphatic rings. The van der Waals surface area contributed by atoms with Gasteiger partial charge in [-0.05, 0) is 0 Å². The number of aliphatic hydroxyl groups excluding tert-OH is 18. The number of aliphatic hydroxyl groups is 20. The van der Waals surface area contributed by atoms with Crippen molar-refractivity contribution in [2.75, 3.05) is 26.4 Å². The third-order valence-electron chi connectivity index (χ3n) is 11.5. The second-order valence-electron chi connectivity index (χ2n) is 18.1. The van der Waals surface area contributed by atoms with E-state index in [0.717, 1.165) is 20.8 Å².